The second-order valence-electron chi connectivity index (χ2n) is 3.68. The molecule has 20 heavy (non-hydrogen) atoms. The zero-order chi connectivity index (χ0) is 14.8. The molecule has 1 rings (SSSR count). The van der Waals surface area contributed by atoms with Crippen molar-refractivity contribution in [3.8, 4) is 5.75 Å². The standard InChI is InChI=1S/C12H17N3O4S/c1-18-11-4-3-5-13-10(11)9-20-7-6-14-12(19-2)8-15(16)17/h3-5H,6-9H2,1-2H3. The average molecular weight is 299 g/mol. The molecule has 1 heterocycles. The maximum Gasteiger partial charge on any atom is 0.277 e. The third-order valence-electron chi connectivity index (χ3n) is 2.33. The van der Waals surface area contributed by atoms with Gasteiger partial charge in [0.05, 0.1) is 26.5 Å². The number of pyridine rings is 1. The number of hydrogen-bond acceptors (Lipinski definition) is 7. The van der Waals surface area contributed by atoms with Gasteiger partial charge in [0, 0.05) is 22.6 Å². The van der Waals surface area contributed by atoms with Gasteiger partial charge in [0.25, 0.3) is 12.4 Å². The normalized spacial score (nSPS) is 11.2. The molecule has 0 radical (unpaired) electrons. The van der Waals surface area contributed by atoms with Crippen molar-refractivity contribution in [1.29, 1.82) is 0 Å². The van der Waals surface area contributed by atoms with E-state index in [0.29, 0.717) is 12.3 Å². The van der Waals surface area contributed by atoms with E-state index < -0.39 is 4.92 Å². The molecular formula is C12H17N3O4S. The molecule has 0 unspecified atom stereocenters. The molecule has 110 valence electrons. The van der Waals surface area contributed by atoms with E-state index in [1.54, 1.807) is 25.1 Å². The van der Waals surface area contributed by atoms with E-state index in [1.807, 2.05) is 12.1 Å². The van der Waals surface area contributed by atoms with Crippen LogP contribution in [-0.4, -0.2) is 48.9 Å². The van der Waals surface area contributed by atoms with E-state index in [-0.39, 0.29) is 12.4 Å². The molecule has 0 aliphatic heterocycles. The van der Waals surface area contributed by atoms with Crippen LogP contribution in [0.1, 0.15) is 5.69 Å². The molecular weight excluding hydrogens is 282 g/mol. The van der Waals surface area contributed by atoms with E-state index in [9.17, 15) is 10.1 Å². The maximum atomic E-state index is 10.3. The van der Waals surface area contributed by atoms with Crippen LogP contribution in [0.15, 0.2) is 23.3 Å². The van der Waals surface area contributed by atoms with Crippen molar-refractivity contribution in [2.45, 2.75) is 5.75 Å². The highest BCUT2D eigenvalue weighted by Crippen LogP contribution is 2.20. The number of thioether (sulfide) groups is 1. The summed E-state index contributed by atoms with van der Waals surface area (Å²) in [5.74, 6) is 2.34. The largest absolute Gasteiger partial charge is 0.495 e. The second-order valence-corrected chi connectivity index (χ2v) is 4.78. The van der Waals surface area contributed by atoms with Crippen LogP contribution in [0.5, 0.6) is 5.75 Å². The molecule has 0 saturated carbocycles. The average Bonchev–Trinajstić information content (AvgIpc) is 2.45. The zero-order valence-corrected chi connectivity index (χ0v) is 12.3. The highest BCUT2D eigenvalue weighted by atomic mass is 32.2. The molecule has 1 aromatic rings. The molecule has 0 aromatic carbocycles. The number of aromatic nitrogens is 1. The summed E-state index contributed by atoms with van der Waals surface area (Å²) in [5, 5.41) is 10.3. The fraction of sp³-hybridized carbons (Fsp3) is 0.500. The Bertz CT molecular complexity index is 468. The molecule has 0 atom stereocenters. The van der Waals surface area contributed by atoms with Gasteiger partial charge < -0.3 is 9.47 Å². The topological polar surface area (TPSA) is 86.9 Å². The van der Waals surface area contributed by atoms with Crippen molar-refractivity contribution in [3.05, 3.63) is 34.1 Å². The Hall–Kier alpha value is -1.83. The molecule has 1 aromatic heterocycles. The summed E-state index contributed by atoms with van der Waals surface area (Å²) in [6.45, 7) is 0.0893. The third-order valence-corrected chi connectivity index (χ3v) is 3.28. The van der Waals surface area contributed by atoms with E-state index in [4.69, 9.17) is 9.47 Å². The van der Waals surface area contributed by atoms with E-state index in [0.717, 1.165) is 17.2 Å². The summed E-state index contributed by atoms with van der Waals surface area (Å²) in [5.41, 5.74) is 0.876. The lowest BCUT2D eigenvalue weighted by Crippen LogP contribution is -2.16. The highest BCUT2D eigenvalue weighted by Gasteiger charge is 2.07. The predicted molar refractivity (Wildman–Crippen MR) is 78.1 cm³/mol. The van der Waals surface area contributed by atoms with Crippen LogP contribution in [0.25, 0.3) is 0 Å². The first kappa shape index (κ1) is 16.2. The van der Waals surface area contributed by atoms with E-state index in [2.05, 4.69) is 9.98 Å². The third kappa shape index (κ3) is 5.87. The van der Waals surface area contributed by atoms with Gasteiger partial charge in [-0.25, -0.2) is 4.99 Å². The number of nitrogens with zero attached hydrogens (tertiary/aromatic N) is 3. The summed E-state index contributed by atoms with van der Waals surface area (Å²) in [4.78, 5) is 18.1. The Morgan fingerprint density at radius 2 is 2.35 bits per heavy atom. The molecule has 0 aliphatic carbocycles. The van der Waals surface area contributed by atoms with Crippen molar-refractivity contribution < 1.29 is 14.4 Å². The van der Waals surface area contributed by atoms with Crippen LogP contribution in [-0.2, 0) is 10.5 Å². The summed E-state index contributed by atoms with van der Waals surface area (Å²) in [7, 11) is 2.99. The molecule has 0 bridgehead atoms. The Morgan fingerprint density at radius 3 is 3.00 bits per heavy atom. The van der Waals surface area contributed by atoms with Crippen molar-refractivity contribution in [3.63, 3.8) is 0 Å². The Kier molecular flexibility index (Phi) is 7.41. The summed E-state index contributed by atoms with van der Waals surface area (Å²) >= 11 is 1.63. The SMILES string of the molecule is COC(C[N+](=O)[O-])=NCCSCc1ncccc1OC. The number of hydrogen-bond donors (Lipinski definition) is 0. The van der Waals surface area contributed by atoms with Gasteiger partial charge in [0.2, 0.25) is 0 Å². The van der Waals surface area contributed by atoms with Crippen LogP contribution in [0.2, 0.25) is 0 Å². The van der Waals surface area contributed by atoms with Crippen molar-refractivity contribution >= 4 is 17.7 Å². The number of ether oxygens (including phenoxy) is 2. The minimum Gasteiger partial charge on any atom is -0.495 e. The number of nitro groups is 1. The summed E-state index contributed by atoms with van der Waals surface area (Å²) < 4.78 is 10.0. The van der Waals surface area contributed by atoms with Crippen LogP contribution in [0, 0.1) is 10.1 Å². The molecule has 0 saturated heterocycles. The number of aliphatic imine (C=N–C) groups is 1. The van der Waals surface area contributed by atoms with Crippen LogP contribution in [0.3, 0.4) is 0 Å². The van der Waals surface area contributed by atoms with Crippen molar-refractivity contribution in [1.82, 2.24) is 4.98 Å². The highest BCUT2D eigenvalue weighted by molar-refractivity contribution is 7.98. The molecule has 7 nitrogen and oxygen atoms in total. The van der Waals surface area contributed by atoms with Crippen molar-refractivity contribution in [2.24, 2.45) is 4.99 Å². The lowest BCUT2D eigenvalue weighted by molar-refractivity contribution is -0.465. The lowest BCUT2D eigenvalue weighted by Gasteiger charge is -2.06. The minimum atomic E-state index is -0.464. The summed E-state index contributed by atoms with van der Waals surface area (Å²) in [6.07, 6.45) is 1.72. The molecule has 0 aliphatic rings. The van der Waals surface area contributed by atoms with Crippen LogP contribution >= 0.6 is 11.8 Å². The predicted octanol–water partition coefficient (Wildman–Crippen LogP) is 1.65. The Balaban J connectivity index is 2.34. The first-order valence-electron chi connectivity index (χ1n) is 5.92. The van der Waals surface area contributed by atoms with Gasteiger partial charge in [0.1, 0.15) is 5.75 Å². The smallest absolute Gasteiger partial charge is 0.277 e. The minimum absolute atomic E-state index is 0.144. The summed E-state index contributed by atoms with van der Waals surface area (Å²) in [6, 6.07) is 3.68. The maximum absolute atomic E-state index is 10.3. The van der Waals surface area contributed by atoms with Crippen LogP contribution in [0.4, 0.5) is 0 Å². The zero-order valence-electron chi connectivity index (χ0n) is 11.4. The molecule has 8 heteroatoms. The fourth-order valence-corrected chi connectivity index (χ4v) is 2.19. The molecule has 0 N–H and O–H groups in total. The Morgan fingerprint density at radius 1 is 1.55 bits per heavy atom. The quantitative estimate of drug-likeness (QED) is 0.238. The van der Waals surface area contributed by atoms with Gasteiger partial charge in [-0.2, -0.15) is 11.8 Å². The van der Waals surface area contributed by atoms with Crippen molar-refractivity contribution in [2.75, 3.05) is 33.1 Å². The molecule has 0 amide bonds. The molecule has 0 spiro atoms. The van der Waals surface area contributed by atoms with Gasteiger partial charge in [-0.1, -0.05) is 0 Å². The fourth-order valence-electron chi connectivity index (χ4n) is 1.41. The van der Waals surface area contributed by atoms with Gasteiger partial charge in [-0.3, -0.25) is 15.1 Å². The second kappa shape index (κ2) is 9.13. The Labute approximate surface area is 121 Å². The van der Waals surface area contributed by atoms with Gasteiger partial charge in [0.15, 0.2) is 0 Å². The molecule has 0 fully saturated rings. The van der Waals surface area contributed by atoms with Gasteiger partial charge >= 0.3 is 0 Å². The van der Waals surface area contributed by atoms with Crippen LogP contribution < -0.4 is 4.74 Å². The first-order valence-corrected chi connectivity index (χ1v) is 7.07. The lowest BCUT2D eigenvalue weighted by atomic mass is 10.3. The van der Waals surface area contributed by atoms with E-state index >= 15 is 0 Å². The first-order chi connectivity index (χ1) is 9.67. The number of rotatable bonds is 8. The van der Waals surface area contributed by atoms with Gasteiger partial charge in [-0.05, 0) is 12.1 Å². The monoisotopic (exact) mass is 299 g/mol. The van der Waals surface area contributed by atoms with Gasteiger partial charge in [-0.15, -0.1) is 0 Å². The van der Waals surface area contributed by atoms with E-state index in [1.165, 1.54) is 7.11 Å². The number of methoxy groups -OCH3 is 2.